The molecule has 4 rings (SSSR count). The molecule has 1 N–H and O–H groups in total. The third kappa shape index (κ3) is 7.75. The van der Waals surface area contributed by atoms with Crippen molar-refractivity contribution in [2.45, 2.75) is 57.0 Å². The summed E-state index contributed by atoms with van der Waals surface area (Å²) in [5.74, 6) is 0.140. The topological polar surface area (TPSA) is 86.8 Å². The molecule has 7 nitrogen and oxygen atoms in total. The lowest BCUT2D eigenvalue weighted by molar-refractivity contribution is -0.139. The maximum atomic E-state index is 13.4. The van der Waals surface area contributed by atoms with Gasteiger partial charge < -0.3 is 15.1 Å². The first kappa shape index (κ1) is 31.4. The van der Waals surface area contributed by atoms with Crippen molar-refractivity contribution in [3.05, 3.63) is 64.7 Å². The largest absolute Gasteiger partial charge is 0.349 e. The molecule has 1 spiro atoms. The van der Waals surface area contributed by atoms with Crippen molar-refractivity contribution < 1.29 is 18.0 Å². The first-order valence-corrected chi connectivity index (χ1v) is 15.6. The highest BCUT2D eigenvalue weighted by atomic mass is 35.5. The predicted molar refractivity (Wildman–Crippen MR) is 157 cm³/mol. The minimum Gasteiger partial charge on any atom is -0.349 e. The van der Waals surface area contributed by atoms with Gasteiger partial charge in [0.15, 0.2) is 9.84 Å². The number of halogens is 2. The number of rotatable bonds is 9. The molecule has 0 radical (unpaired) electrons. The zero-order valence-electron chi connectivity index (χ0n) is 22.9. The standard InChI is InChI=1S/C29H38ClN3O4S.ClH/c1-21(2)27(34)31-26(23-5-4-6-24(30)19-23)11-15-32-16-12-29(13-17-32)14-18-33(28(29)35)20-22-7-9-25(10-8-22)38(3,36)37;/h4-10,19,21,26H,11-18,20H2,1-3H3,(H,31,34);1H. The number of piperidine rings is 1. The second kappa shape index (κ2) is 13.0. The van der Waals surface area contributed by atoms with Crippen molar-refractivity contribution >= 4 is 45.7 Å². The Bertz CT molecular complexity index is 1260. The summed E-state index contributed by atoms with van der Waals surface area (Å²) in [5, 5.41) is 3.83. The Kier molecular flexibility index (Phi) is 10.5. The van der Waals surface area contributed by atoms with Gasteiger partial charge in [0, 0.05) is 36.8 Å². The molecule has 214 valence electrons. The molecule has 2 heterocycles. The van der Waals surface area contributed by atoms with E-state index in [4.69, 9.17) is 11.6 Å². The molecule has 2 fully saturated rings. The monoisotopic (exact) mass is 595 g/mol. The lowest BCUT2D eigenvalue weighted by Crippen LogP contribution is -2.45. The second-order valence-corrected chi connectivity index (χ2v) is 13.5. The first-order valence-electron chi connectivity index (χ1n) is 13.3. The maximum absolute atomic E-state index is 13.4. The van der Waals surface area contributed by atoms with E-state index in [0.717, 1.165) is 63.0 Å². The molecule has 2 aromatic rings. The molecule has 2 aliphatic heterocycles. The van der Waals surface area contributed by atoms with E-state index in [1.165, 1.54) is 6.26 Å². The van der Waals surface area contributed by atoms with Gasteiger partial charge in [0.05, 0.1) is 16.4 Å². The summed E-state index contributed by atoms with van der Waals surface area (Å²) in [4.78, 5) is 30.5. The predicted octanol–water partition coefficient (Wildman–Crippen LogP) is 4.88. The Labute approximate surface area is 243 Å². The quantitative estimate of drug-likeness (QED) is 0.446. The summed E-state index contributed by atoms with van der Waals surface area (Å²) in [7, 11) is -3.23. The number of sulfone groups is 1. The summed E-state index contributed by atoms with van der Waals surface area (Å²) in [6.07, 6.45) is 4.48. The average molecular weight is 597 g/mol. The van der Waals surface area contributed by atoms with Crippen LogP contribution in [0.5, 0.6) is 0 Å². The third-order valence-electron chi connectivity index (χ3n) is 7.97. The van der Waals surface area contributed by atoms with Crippen LogP contribution in [0.3, 0.4) is 0 Å². The molecule has 0 saturated carbocycles. The van der Waals surface area contributed by atoms with Crippen LogP contribution in [0.15, 0.2) is 53.4 Å². The number of nitrogens with one attached hydrogen (secondary N) is 1. The molecule has 2 aliphatic rings. The summed E-state index contributed by atoms with van der Waals surface area (Å²) in [5.41, 5.74) is 1.64. The highest BCUT2D eigenvalue weighted by Gasteiger charge is 2.47. The normalized spacial score (nSPS) is 18.3. The highest BCUT2D eigenvalue weighted by molar-refractivity contribution is 7.90. The van der Waals surface area contributed by atoms with Crippen molar-refractivity contribution in [1.29, 1.82) is 0 Å². The molecular formula is C29H39Cl2N3O4S. The van der Waals surface area contributed by atoms with E-state index in [-0.39, 0.29) is 41.6 Å². The number of carbonyl (C=O) groups excluding carboxylic acids is 2. The van der Waals surface area contributed by atoms with Crippen LogP contribution in [-0.4, -0.2) is 62.5 Å². The minimum atomic E-state index is -3.23. The molecule has 0 aromatic heterocycles. The molecule has 39 heavy (non-hydrogen) atoms. The number of hydrogen-bond donors (Lipinski definition) is 1. The summed E-state index contributed by atoms with van der Waals surface area (Å²) in [6.45, 7) is 7.54. The average Bonchev–Trinajstić information content (AvgIpc) is 3.17. The molecule has 0 bridgehead atoms. The smallest absolute Gasteiger partial charge is 0.229 e. The van der Waals surface area contributed by atoms with E-state index < -0.39 is 9.84 Å². The zero-order valence-corrected chi connectivity index (χ0v) is 25.2. The Balaban J connectivity index is 0.00000420. The maximum Gasteiger partial charge on any atom is 0.229 e. The van der Waals surface area contributed by atoms with Gasteiger partial charge in [0.25, 0.3) is 0 Å². The Morgan fingerprint density at radius 1 is 1.05 bits per heavy atom. The molecule has 0 aliphatic carbocycles. The van der Waals surface area contributed by atoms with E-state index in [9.17, 15) is 18.0 Å². The van der Waals surface area contributed by atoms with Crippen molar-refractivity contribution in [3.63, 3.8) is 0 Å². The van der Waals surface area contributed by atoms with Gasteiger partial charge in [-0.25, -0.2) is 8.42 Å². The summed E-state index contributed by atoms with van der Waals surface area (Å²) in [6, 6.07) is 14.4. The molecular weight excluding hydrogens is 557 g/mol. The van der Waals surface area contributed by atoms with Gasteiger partial charge in [-0.05, 0) is 74.2 Å². The fourth-order valence-corrected chi connectivity index (χ4v) is 6.30. The van der Waals surface area contributed by atoms with Crippen LogP contribution in [0, 0.1) is 11.3 Å². The number of amides is 2. The molecule has 1 unspecified atom stereocenters. The fourth-order valence-electron chi connectivity index (χ4n) is 5.47. The summed E-state index contributed by atoms with van der Waals surface area (Å²) < 4.78 is 23.4. The van der Waals surface area contributed by atoms with Crippen LogP contribution in [-0.2, 0) is 26.0 Å². The van der Waals surface area contributed by atoms with Gasteiger partial charge in [0.1, 0.15) is 0 Å². The Morgan fingerprint density at radius 2 is 1.69 bits per heavy atom. The van der Waals surface area contributed by atoms with Crippen LogP contribution in [0.25, 0.3) is 0 Å². The van der Waals surface area contributed by atoms with Crippen molar-refractivity contribution in [3.8, 4) is 0 Å². The first-order chi connectivity index (χ1) is 18.0. The zero-order chi connectivity index (χ0) is 27.5. The summed E-state index contributed by atoms with van der Waals surface area (Å²) >= 11 is 6.22. The number of nitrogens with zero attached hydrogens (tertiary/aromatic N) is 2. The lowest BCUT2D eigenvalue weighted by Gasteiger charge is -2.38. The molecule has 2 amide bonds. The SMILES string of the molecule is CC(C)C(=O)NC(CCN1CCC2(CC1)CCN(Cc1ccc(S(C)(=O)=O)cc1)C2=O)c1cccc(Cl)c1.Cl. The Morgan fingerprint density at radius 3 is 2.28 bits per heavy atom. The van der Waals surface area contributed by atoms with Gasteiger partial charge in [-0.1, -0.05) is 49.7 Å². The second-order valence-electron chi connectivity index (χ2n) is 11.1. The number of hydrogen-bond acceptors (Lipinski definition) is 5. The lowest BCUT2D eigenvalue weighted by atomic mass is 9.77. The van der Waals surface area contributed by atoms with Crippen LogP contribution < -0.4 is 5.32 Å². The van der Waals surface area contributed by atoms with Gasteiger partial charge in [-0.3, -0.25) is 9.59 Å². The molecule has 2 saturated heterocycles. The Hall–Kier alpha value is -2.13. The fraction of sp³-hybridized carbons (Fsp3) is 0.517. The number of benzene rings is 2. The van der Waals surface area contributed by atoms with Gasteiger partial charge in [0.2, 0.25) is 11.8 Å². The van der Waals surface area contributed by atoms with Crippen LogP contribution in [0.4, 0.5) is 0 Å². The minimum absolute atomic E-state index is 0. The van der Waals surface area contributed by atoms with E-state index >= 15 is 0 Å². The third-order valence-corrected chi connectivity index (χ3v) is 9.33. The number of carbonyl (C=O) groups is 2. The van der Waals surface area contributed by atoms with Gasteiger partial charge >= 0.3 is 0 Å². The van der Waals surface area contributed by atoms with Gasteiger partial charge in [-0.15, -0.1) is 12.4 Å². The van der Waals surface area contributed by atoms with Crippen LogP contribution in [0.2, 0.25) is 5.02 Å². The number of likely N-dealkylation sites (tertiary alicyclic amines) is 2. The molecule has 1 atom stereocenters. The van der Waals surface area contributed by atoms with Crippen molar-refractivity contribution in [2.75, 3.05) is 32.4 Å². The highest BCUT2D eigenvalue weighted by Crippen LogP contribution is 2.42. The van der Waals surface area contributed by atoms with E-state index in [1.807, 2.05) is 43.0 Å². The van der Waals surface area contributed by atoms with Crippen LogP contribution in [0.1, 0.15) is 56.7 Å². The molecule has 10 heteroatoms. The van der Waals surface area contributed by atoms with Crippen LogP contribution >= 0.6 is 24.0 Å². The van der Waals surface area contributed by atoms with Crippen molar-refractivity contribution in [2.24, 2.45) is 11.3 Å². The molecule has 2 aromatic carbocycles. The van der Waals surface area contributed by atoms with E-state index in [0.29, 0.717) is 16.5 Å². The van der Waals surface area contributed by atoms with E-state index in [1.54, 1.807) is 24.3 Å². The van der Waals surface area contributed by atoms with Crippen molar-refractivity contribution in [1.82, 2.24) is 15.1 Å². The van der Waals surface area contributed by atoms with E-state index in [2.05, 4.69) is 10.2 Å². The van der Waals surface area contributed by atoms with Gasteiger partial charge in [-0.2, -0.15) is 0 Å².